The van der Waals surface area contributed by atoms with Crippen molar-refractivity contribution in [1.82, 2.24) is 15.5 Å². The maximum absolute atomic E-state index is 14.5. The summed E-state index contributed by atoms with van der Waals surface area (Å²) in [6.07, 6.45) is 2.41. The van der Waals surface area contributed by atoms with Crippen LogP contribution in [0.2, 0.25) is 0 Å². The van der Waals surface area contributed by atoms with Crippen LogP contribution in [-0.2, 0) is 16.0 Å². The third-order valence-corrected chi connectivity index (χ3v) is 7.91. The number of hydrogen-bond donors (Lipinski definition) is 2. The Bertz CT molecular complexity index is 1280. The summed E-state index contributed by atoms with van der Waals surface area (Å²) >= 11 is 0. The molecular formula is C32H35N3O3. The third-order valence-electron chi connectivity index (χ3n) is 7.91. The number of hydrogen-bond acceptors (Lipinski definition) is 3. The number of rotatable bonds is 8. The van der Waals surface area contributed by atoms with Crippen molar-refractivity contribution in [2.24, 2.45) is 0 Å². The molecule has 0 saturated carbocycles. The third kappa shape index (κ3) is 4.83. The highest BCUT2D eigenvalue weighted by Gasteiger charge is 2.64. The number of nitrogens with zero attached hydrogens (tertiary/aromatic N) is 1. The van der Waals surface area contributed by atoms with Crippen molar-refractivity contribution in [3.05, 3.63) is 108 Å². The van der Waals surface area contributed by atoms with E-state index in [-0.39, 0.29) is 35.7 Å². The number of fused-ring (bicyclic) bond motifs is 2. The van der Waals surface area contributed by atoms with Gasteiger partial charge in [-0.2, -0.15) is 0 Å². The largest absolute Gasteiger partial charge is 0.352 e. The van der Waals surface area contributed by atoms with E-state index in [0.29, 0.717) is 18.4 Å². The number of benzene rings is 3. The SMILES string of the molecule is CC(C)NC(=O)[C@H](Cc1ccccc1)NC(=O)[C@]12CC[C@H](C[C@H]1c1ccccc1)N2C(=O)c1ccccc1. The zero-order chi connectivity index (χ0) is 26.7. The fourth-order valence-corrected chi connectivity index (χ4v) is 6.27. The van der Waals surface area contributed by atoms with Gasteiger partial charge < -0.3 is 15.5 Å². The Morgan fingerprint density at radius 3 is 2.11 bits per heavy atom. The van der Waals surface area contributed by atoms with Crippen molar-refractivity contribution in [2.45, 2.75) is 69.1 Å². The molecule has 3 aromatic carbocycles. The molecule has 2 bridgehead atoms. The zero-order valence-electron chi connectivity index (χ0n) is 22.0. The topological polar surface area (TPSA) is 78.5 Å². The van der Waals surface area contributed by atoms with E-state index >= 15 is 0 Å². The van der Waals surface area contributed by atoms with Crippen LogP contribution in [0.25, 0.3) is 0 Å². The lowest BCUT2D eigenvalue weighted by Gasteiger charge is -2.39. The van der Waals surface area contributed by atoms with Crippen molar-refractivity contribution >= 4 is 17.7 Å². The average molecular weight is 510 g/mol. The van der Waals surface area contributed by atoms with E-state index in [9.17, 15) is 14.4 Å². The van der Waals surface area contributed by atoms with Crippen LogP contribution >= 0.6 is 0 Å². The Hall–Kier alpha value is -3.93. The standard InChI is InChI=1S/C32H35N3O3/c1-22(2)33-29(36)28(20-23-12-6-3-7-13-23)34-31(38)32-19-18-26(21-27(32)24-14-8-4-9-15-24)35(32)30(37)25-16-10-5-11-17-25/h3-17,22,26-28H,18-21H2,1-2H3,(H,33,36)(H,34,38)/t26-,27+,28+,32+/m1/s1. The van der Waals surface area contributed by atoms with Gasteiger partial charge in [-0.25, -0.2) is 0 Å². The lowest BCUT2D eigenvalue weighted by Crippen LogP contribution is -2.61. The first-order valence-corrected chi connectivity index (χ1v) is 13.5. The van der Waals surface area contributed by atoms with E-state index in [2.05, 4.69) is 10.6 Å². The summed E-state index contributed by atoms with van der Waals surface area (Å²) in [5.41, 5.74) is 1.51. The van der Waals surface area contributed by atoms with Crippen LogP contribution in [0.1, 0.15) is 60.5 Å². The highest BCUT2D eigenvalue weighted by atomic mass is 16.2. The molecule has 2 saturated heterocycles. The van der Waals surface area contributed by atoms with Crippen LogP contribution in [0.4, 0.5) is 0 Å². The average Bonchev–Trinajstić information content (AvgIpc) is 3.48. The molecule has 3 aromatic rings. The second kappa shape index (κ2) is 10.8. The maximum atomic E-state index is 14.5. The molecule has 196 valence electrons. The molecule has 2 aliphatic heterocycles. The van der Waals surface area contributed by atoms with Crippen molar-refractivity contribution in [2.75, 3.05) is 0 Å². The zero-order valence-corrected chi connectivity index (χ0v) is 22.0. The Labute approximate surface area is 224 Å². The second-order valence-electron chi connectivity index (χ2n) is 10.7. The van der Waals surface area contributed by atoms with Crippen LogP contribution in [0.3, 0.4) is 0 Å². The number of carbonyl (C=O) groups is 3. The summed E-state index contributed by atoms with van der Waals surface area (Å²) in [7, 11) is 0. The first-order valence-electron chi connectivity index (χ1n) is 13.5. The van der Waals surface area contributed by atoms with E-state index in [1.165, 1.54) is 0 Å². The van der Waals surface area contributed by atoms with Gasteiger partial charge in [0, 0.05) is 30.0 Å². The predicted octanol–water partition coefficient (Wildman–Crippen LogP) is 4.47. The summed E-state index contributed by atoms with van der Waals surface area (Å²) < 4.78 is 0. The first kappa shape index (κ1) is 25.7. The number of carbonyl (C=O) groups excluding carboxylic acids is 3. The summed E-state index contributed by atoms with van der Waals surface area (Å²) in [4.78, 5) is 43.5. The lowest BCUT2D eigenvalue weighted by molar-refractivity contribution is -0.135. The van der Waals surface area contributed by atoms with Crippen LogP contribution in [0, 0.1) is 0 Å². The van der Waals surface area contributed by atoms with Crippen molar-refractivity contribution in [3.8, 4) is 0 Å². The van der Waals surface area contributed by atoms with Gasteiger partial charge >= 0.3 is 0 Å². The molecule has 0 radical (unpaired) electrons. The first-order chi connectivity index (χ1) is 18.4. The van der Waals surface area contributed by atoms with Gasteiger partial charge in [0.2, 0.25) is 11.8 Å². The summed E-state index contributed by atoms with van der Waals surface area (Å²) in [5.74, 6) is -0.762. The van der Waals surface area contributed by atoms with Crippen LogP contribution in [0.5, 0.6) is 0 Å². The molecule has 2 N–H and O–H groups in total. The highest BCUT2D eigenvalue weighted by molar-refractivity contribution is 6.02. The van der Waals surface area contributed by atoms with Crippen molar-refractivity contribution in [1.29, 1.82) is 0 Å². The molecule has 3 amide bonds. The molecule has 38 heavy (non-hydrogen) atoms. The molecule has 0 aromatic heterocycles. The Kier molecular flexibility index (Phi) is 7.32. The van der Waals surface area contributed by atoms with Gasteiger partial charge in [0.1, 0.15) is 11.6 Å². The summed E-state index contributed by atoms with van der Waals surface area (Å²) in [5, 5.41) is 6.09. The minimum absolute atomic E-state index is 0.0317. The Morgan fingerprint density at radius 2 is 1.47 bits per heavy atom. The molecule has 0 spiro atoms. The van der Waals surface area contributed by atoms with Gasteiger partial charge in [0.25, 0.3) is 5.91 Å². The minimum atomic E-state index is -1.06. The van der Waals surface area contributed by atoms with E-state index in [0.717, 1.165) is 24.0 Å². The van der Waals surface area contributed by atoms with Crippen molar-refractivity contribution < 1.29 is 14.4 Å². The molecule has 0 unspecified atom stereocenters. The fourth-order valence-electron chi connectivity index (χ4n) is 6.27. The monoisotopic (exact) mass is 509 g/mol. The Morgan fingerprint density at radius 1 is 0.868 bits per heavy atom. The second-order valence-corrected chi connectivity index (χ2v) is 10.7. The van der Waals surface area contributed by atoms with Gasteiger partial charge in [-0.05, 0) is 56.4 Å². The van der Waals surface area contributed by atoms with Crippen LogP contribution in [-0.4, -0.2) is 46.3 Å². The van der Waals surface area contributed by atoms with E-state index in [4.69, 9.17) is 0 Å². The molecular weight excluding hydrogens is 474 g/mol. The summed E-state index contributed by atoms with van der Waals surface area (Å²) in [6.45, 7) is 3.81. The normalized spacial score (nSPS) is 22.8. The molecule has 2 fully saturated rings. The fraction of sp³-hybridized carbons (Fsp3) is 0.344. The lowest BCUT2D eigenvalue weighted by atomic mass is 9.73. The maximum Gasteiger partial charge on any atom is 0.255 e. The molecule has 2 aliphatic rings. The predicted molar refractivity (Wildman–Crippen MR) is 148 cm³/mol. The summed E-state index contributed by atoms with van der Waals surface area (Å²) in [6, 6.07) is 28.0. The minimum Gasteiger partial charge on any atom is -0.352 e. The van der Waals surface area contributed by atoms with Gasteiger partial charge in [-0.3, -0.25) is 14.4 Å². The smallest absolute Gasteiger partial charge is 0.255 e. The van der Waals surface area contributed by atoms with Crippen LogP contribution in [0.15, 0.2) is 91.0 Å². The number of amides is 3. The van der Waals surface area contributed by atoms with E-state index < -0.39 is 11.6 Å². The molecule has 2 heterocycles. The van der Waals surface area contributed by atoms with Gasteiger partial charge in [0.15, 0.2) is 0 Å². The van der Waals surface area contributed by atoms with Crippen molar-refractivity contribution in [3.63, 3.8) is 0 Å². The van der Waals surface area contributed by atoms with E-state index in [1.807, 2.05) is 97.6 Å². The molecule has 5 rings (SSSR count). The molecule has 6 nitrogen and oxygen atoms in total. The van der Waals surface area contributed by atoms with Gasteiger partial charge in [0.05, 0.1) is 0 Å². The highest BCUT2D eigenvalue weighted by Crippen LogP contribution is 2.55. The molecule has 4 atom stereocenters. The molecule has 0 aliphatic carbocycles. The Balaban J connectivity index is 1.52. The quantitative estimate of drug-likeness (QED) is 0.470. The van der Waals surface area contributed by atoms with Gasteiger partial charge in [-0.1, -0.05) is 78.9 Å². The van der Waals surface area contributed by atoms with Crippen LogP contribution < -0.4 is 10.6 Å². The van der Waals surface area contributed by atoms with E-state index in [1.54, 1.807) is 12.1 Å². The van der Waals surface area contributed by atoms with Gasteiger partial charge in [-0.15, -0.1) is 0 Å². The number of nitrogens with one attached hydrogen (secondary N) is 2. The molecule has 6 heteroatoms.